The number of fused-ring (bicyclic) bond motifs is 1. The Hall–Kier alpha value is -2.57. The molecule has 1 amide bonds. The number of carbonyl (C=O) groups excluding carboxylic acids is 2. The monoisotopic (exact) mass is 516 g/mol. The Morgan fingerprint density at radius 2 is 1.85 bits per heavy atom. The molecule has 1 heterocycles. The van der Waals surface area contributed by atoms with Crippen molar-refractivity contribution >= 4 is 33.7 Å². The molecule has 0 bridgehead atoms. The largest absolute Gasteiger partial charge is 0.471 e. The van der Waals surface area contributed by atoms with Crippen molar-refractivity contribution in [1.82, 2.24) is 9.62 Å². The fourth-order valence-corrected chi connectivity index (χ4v) is 5.81. The molecular formula is C22H23F3N2O5S2. The predicted molar refractivity (Wildman–Crippen MR) is 120 cm³/mol. The van der Waals surface area contributed by atoms with E-state index >= 15 is 0 Å². The van der Waals surface area contributed by atoms with E-state index in [1.807, 2.05) is 30.3 Å². The van der Waals surface area contributed by atoms with Crippen LogP contribution in [-0.4, -0.2) is 56.8 Å². The Kier molecular flexibility index (Phi) is 8.26. The zero-order valence-corrected chi connectivity index (χ0v) is 19.8. The molecule has 0 radical (unpaired) electrons. The van der Waals surface area contributed by atoms with E-state index in [-0.39, 0.29) is 30.2 Å². The number of methoxy groups -OCH3 is 1. The first-order valence-electron chi connectivity index (χ1n) is 10.2. The number of benzene rings is 2. The van der Waals surface area contributed by atoms with Gasteiger partial charge in [-0.1, -0.05) is 36.4 Å². The molecule has 1 unspecified atom stereocenters. The summed E-state index contributed by atoms with van der Waals surface area (Å²) < 4.78 is 71.4. The predicted octanol–water partition coefficient (Wildman–Crippen LogP) is 2.89. The number of sulfonamides is 1. The number of halogens is 3. The SMILES string of the molecule is COC(=O)C(CSCc1ccccc1)NS(=O)(=O)c1ccc2c(c1)CN(C(=O)C(F)(F)F)CC2. The van der Waals surface area contributed by atoms with Gasteiger partial charge in [-0.25, -0.2) is 8.42 Å². The van der Waals surface area contributed by atoms with E-state index in [1.54, 1.807) is 0 Å². The second kappa shape index (κ2) is 10.8. The Bertz CT molecular complexity index is 1140. The number of hydrogen-bond donors (Lipinski definition) is 1. The van der Waals surface area contributed by atoms with Gasteiger partial charge >= 0.3 is 18.1 Å². The van der Waals surface area contributed by atoms with Crippen LogP contribution in [0.2, 0.25) is 0 Å². The van der Waals surface area contributed by atoms with Gasteiger partial charge in [-0.3, -0.25) is 9.59 Å². The van der Waals surface area contributed by atoms with Crippen LogP contribution in [0.15, 0.2) is 53.4 Å². The van der Waals surface area contributed by atoms with E-state index in [0.29, 0.717) is 21.8 Å². The van der Waals surface area contributed by atoms with Gasteiger partial charge < -0.3 is 9.64 Å². The first-order chi connectivity index (χ1) is 16.0. The Labute approximate surface area is 199 Å². The number of hydrogen-bond acceptors (Lipinski definition) is 6. The third kappa shape index (κ3) is 6.51. The molecule has 0 aliphatic carbocycles. The minimum absolute atomic E-state index is 0.111. The Morgan fingerprint density at radius 1 is 1.15 bits per heavy atom. The lowest BCUT2D eigenvalue weighted by Crippen LogP contribution is -2.44. The van der Waals surface area contributed by atoms with Crippen LogP contribution in [0.25, 0.3) is 0 Å². The number of carbonyl (C=O) groups is 2. The molecule has 184 valence electrons. The normalized spacial score (nSPS) is 14.9. The number of esters is 1. The van der Waals surface area contributed by atoms with E-state index in [1.165, 1.54) is 30.0 Å². The van der Waals surface area contributed by atoms with E-state index in [0.717, 1.165) is 12.7 Å². The number of alkyl halides is 3. The molecule has 0 saturated carbocycles. The minimum Gasteiger partial charge on any atom is -0.468 e. The minimum atomic E-state index is -5.01. The lowest BCUT2D eigenvalue weighted by atomic mass is 10.00. The molecule has 0 aromatic heterocycles. The first-order valence-corrected chi connectivity index (χ1v) is 12.8. The average molecular weight is 517 g/mol. The number of nitrogens with one attached hydrogen (secondary N) is 1. The van der Waals surface area contributed by atoms with Crippen molar-refractivity contribution in [2.75, 3.05) is 19.4 Å². The standard InChI is InChI=1S/C22H23F3N2O5S2/c1-32-20(28)19(14-33-13-15-5-3-2-4-6-15)26-34(30,31)18-8-7-16-9-10-27(12-17(16)11-18)21(29)22(23,24)25/h2-8,11,19,26H,9-10,12-14H2,1H3. The van der Waals surface area contributed by atoms with Gasteiger partial charge in [-0.2, -0.15) is 29.7 Å². The molecular weight excluding hydrogens is 493 g/mol. The van der Waals surface area contributed by atoms with Crippen LogP contribution >= 0.6 is 11.8 Å². The highest BCUT2D eigenvalue weighted by molar-refractivity contribution is 7.98. The highest BCUT2D eigenvalue weighted by Gasteiger charge is 2.43. The zero-order chi connectivity index (χ0) is 24.9. The fourth-order valence-electron chi connectivity index (χ4n) is 3.47. The van der Waals surface area contributed by atoms with Gasteiger partial charge in [-0.15, -0.1) is 0 Å². The molecule has 2 aromatic carbocycles. The molecule has 7 nitrogen and oxygen atoms in total. The summed E-state index contributed by atoms with van der Waals surface area (Å²) >= 11 is 1.34. The molecule has 1 aliphatic rings. The van der Waals surface area contributed by atoms with Crippen molar-refractivity contribution in [2.45, 2.75) is 35.8 Å². The van der Waals surface area contributed by atoms with Crippen molar-refractivity contribution in [2.24, 2.45) is 0 Å². The molecule has 3 rings (SSSR count). The van der Waals surface area contributed by atoms with Crippen LogP contribution < -0.4 is 4.72 Å². The van der Waals surface area contributed by atoms with Crippen LogP contribution in [0.4, 0.5) is 13.2 Å². The molecule has 2 aromatic rings. The van der Waals surface area contributed by atoms with Crippen LogP contribution in [0.1, 0.15) is 16.7 Å². The fraction of sp³-hybridized carbons (Fsp3) is 0.364. The van der Waals surface area contributed by atoms with Gasteiger partial charge in [0.25, 0.3) is 0 Å². The molecule has 1 atom stereocenters. The van der Waals surface area contributed by atoms with Gasteiger partial charge in [0.1, 0.15) is 6.04 Å². The Balaban J connectivity index is 1.73. The number of ether oxygens (including phenoxy) is 1. The maximum Gasteiger partial charge on any atom is 0.471 e. The lowest BCUT2D eigenvalue weighted by molar-refractivity contribution is -0.186. The van der Waals surface area contributed by atoms with E-state index in [4.69, 9.17) is 4.74 Å². The van der Waals surface area contributed by atoms with Crippen LogP contribution in [-0.2, 0) is 43.1 Å². The number of nitrogens with zero attached hydrogens (tertiary/aromatic N) is 1. The van der Waals surface area contributed by atoms with Gasteiger partial charge in [0.2, 0.25) is 10.0 Å². The van der Waals surface area contributed by atoms with Crippen molar-refractivity contribution in [1.29, 1.82) is 0 Å². The molecule has 0 spiro atoms. The highest BCUT2D eigenvalue weighted by Crippen LogP contribution is 2.27. The summed E-state index contributed by atoms with van der Waals surface area (Å²) in [6, 6.07) is 12.3. The maximum absolute atomic E-state index is 13.0. The third-order valence-electron chi connectivity index (χ3n) is 5.21. The van der Waals surface area contributed by atoms with Crippen molar-refractivity contribution < 1.29 is 35.9 Å². The summed E-state index contributed by atoms with van der Waals surface area (Å²) in [6.45, 7) is -0.469. The summed E-state index contributed by atoms with van der Waals surface area (Å²) in [5, 5.41) is 0. The van der Waals surface area contributed by atoms with Gasteiger partial charge in [0, 0.05) is 24.6 Å². The highest BCUT2D eigenvalue weighted by atomic mass is 32.2. The number of rotatable bonds is 8. The molecule has 1 aliphatic heterocycles. The van der Waals surface area contributed by atoms with Gasteiger partial charge in [0.05, 0.1) is 12.0 Å². The first kappa shape index (κ1) is 26.0. The summed E-state index contributed by atoms with van der Waals surface area (Å²) in [6.07, 6.45) is -4.83. The van der Waals surface area contributed by atoms with E-state index in [9.17, 15) is 31.2 Å². The number of thioether (sulfide) groups is 1. The maximum atomic E-state index is 13.0. The Morgan fingerprint density at radius 3 is 2.50 bits per heavy atom. The van der Waals surface area contributed by atoms with Crippen LogP contribution in [0.5, 0.6) is 0 Å². The van der Waals surface area contributed by atoms with Crippen molar-refractivity contribution in [3.05, 3.63) is 65.2 Å². The second-order valence-corrected chi connectivity index (χ2v) is 10.3. The molecule has 0 saturated heterocycles. The smallest absolute Gasteiger partial charge is 0.468 e. The van der Waals surface area contributed by atoms with Gasteiger partial charge in [-0.05, 0) is 35.2 Å². The van der Waals surface area contributed by atoms with Crippen molar-refractivity contribution in [3.8, 4) is 0 Å². The summed E-state index contributed by atoms with van der Waals surface area (Å²) in [5.74, 6) is -2.06. The topological polar surface area (TPSA) is 92.8 Å². The third-order valence-corrected chi connectivity index (χ3v) is 7.79. The summed E-state index contributed by atoms with van der Waals surface area (Å²) in [4.78, 5) is 24.2. The van der Waals surface area contributed by atoms with Crippen LogP contribution in [0, 0.1) is 0 Å². The molecule has 0 fully saturated rings. The second-order valence-electron chi connectivity index (χ2n) is 7.60. The lowest BCUT2D eigenvalue weighted by Gasteiger charge is -2.29. The van der Waals surface area contributed by atoms with Gasteiger partial charge in [0.15, 0.2) is 0 Å². The number of amides is 1. The zero-order valence-electron chi connectivity index (χ0n) is 18.2. The molecule has 34 heavy (non-hydrogen) atoms. The average Bonchev–Trinajstić information content (AvgIpc) is 2.81. The van der Waals surface area contributed by atoms with E-state index < -0.39 is 34.1 Å². The van der Waals surface area contributed by atoms with E-state index in [2.05, 4.69) is 4.72 Å². The van der Waals surface area contributed by atoms with Crippen LogP contribution in [0.3, 0.4) is 0 Å². The molecule has 1 N–H and O–H groups in total. The quantitative estimate of drug-likeness (QED) is 0.543. The summed E-state index contributed by atoms with van der Waals surface area (Å²) in [5.41, 5.74) is 1.97. The van der Waals surface area contributed by atoms with Crippen molar-refractivity contribution in [3.63, 3.8) is 0 Å². The summed E-state index contributed by atoms with van der Waals surface area (Å²) in [7, 11) is -3.05. The molecule has 12 heteroatoms.